The highest BCUT2D eigenvalue weighted by molar-refractivity contribution is 7.19. The highest BCUT2D eigenvalue weighted by Gasteiger charge is 2.12. The fourth-order valence-corrected chi connectivity index (χ4v) is 2.69. The lowest BCUT2D eigenvalue weighted by Gasteiger charge is -1.99. The molecule has 1 N–H and O–H groups in total. The van der Waals surface area contributed by atoms with Gasteiger partial charge in [-0.2, -0.15) is 5.10 Å². The van der Waals surface area contributed by atoms with E-state index in [9.17, 15) is 0 Å². The molecule has 0 bridgehead atoms. The van der Waals surface area contributed by atoms with Crippen molar-refractivity contribution in [2.45, 2.75) is 0 Å². The van der Waals surface area contributed by atoms with Crippen LogP contribution in [0.3, 0.4) is 0 Å². The van der Waals surface area contributed by atoms with Crippen molar-refractivity contribution >= 4 is 22.9 Å². The normalized spacial score (nSPS) is 10.6. The van der Waals surface area contributed by atoms with E-state index in [2.05, 4.69) is 15.2 Å². The summed E-state index contributed by atoms with van der Waals surface area (Å²) < 4.78 is 0.765. The zero-order valence-corrected chi connectivity index (χ0v) is 10.3. The first-order valence-electron chi connectivity index (χ1n) is 5.05. The number of hydrogen-bond donors (Lipinski definition) is 1. The molecule has 0 aliphatic rings. The average molecular weight is 262 g/mol. The molecule has 17 heavy (non-hydrogen) atoms. The van der Waals surface area contributed by atoms with Crippen molar-refractivity contribution in [2.75, 3.05) is 0 Å². The maximum Gasteiger partial charge on any atom is 0.0935 e. The van der Waals surface area contributed by atoms with Gasteiger partial charge in [-0.3, -0.25) is 10.1 Å². The maximum atomic E-state index is 5.94. The second kappa shape index (κ2) is 4.31. The number of H-pyrrole nitrogens is 1. The molecule has 84 valence electrons. The van der Waals surface area contributed by atoms with Crippen molar-refractivity contribution in [2.24, 2.45) is 0 Å². The molecule has 3 nitrogen and oxygen atoms in total. The van der Waals surface area contributed by atoms with Crippen LogP contribution in [-0.4, -0.2) is 15.2 Å². The number of aromatic nitrogens is 3. The van der Waals surface area contributed by atoms with Crippen molar-refractivity contribution in [3.63, 3.8) is 0 Å². The Morgan fingerprint density at radius 2 is 2.12 bits per heavy atom. The van der Waals surface area contributed by atoms with Gasteiger partial charge in [-0.1, -0.05) is 17.7 Å². The molecular formula is C12H8ClN3S. The van der Waals surface area contributed by atoms with Crippen LogP contribution < -0.4 is 0 Å². The Labute approximate surface area is 107 Å². The van der Waals surface area contributed by atoms with E-state index in [0.29, 0.717) is 0 Å². The lowest BCUT2D eigenvalue weighted by Crippen LogP contribution is -1.82. The van der Waals surface area contributed by atoms with Crippen LogP contribution in [0.4, 0.5) is 0 Å². The lowest BCUT2D eigenvalue weighted by molar-refractivity contribution is 1.10. The number of nitrogens with one attached hydrogen (secondary N) is 1. The zero-order valence-electron chi connectivity index (χ0n) is 8.72. The summed E-state index contributed by atoms with van der Waals surface area (Å²) in [5, 5.41) is 7.08. The molecule has 0 aliphatic carbocycles. The lowest BCUT2D eigenvalue weighted by atomic mass is 10.1. The van der Waals surface area contributed by atoms with Crippen molar-refractivity contribution in [1.29, 1.82) is 0 Å². The minimum absolute atomic E-state index is 0.765. The topological polar surface area (TPSA) is 41.6 Å². The first-order chi connectivity index (χ1) is 8.34. The molecule has 3 aromatic heterocycles. The molecule has 0 saturated carbocycles. The van der Waals surface area contributed by atoms with Crippen molar-refractivity contribution in [1.82, 2.24) is 15.2 Å². The Kier molecular flexibility index (Phi) is 2.66. The minimum Gasteiger partial charge on any atom is -0.276 e. The summed E-state index contributed by atoms with van der Waals surface area (Å²) in [6.45, 7) is 0. The van der Waals surface area contributed by atoms with E-state index in [1.54, 1.807) is 12.4 Å². The Morgan fingerprint density at radius 1 is 1.18 bits per heavy atom. The fourth-order valence-electron chi connectivity index (χ4n) is 1.64. The van der Waals surface area contributed by atoms with Gasteiger partial charge in [-0.05, 0) is 24.3 Å². The monoisotopic (exact) mass is 261 g/mol. The largest absolute Gasteiger partial charge is 0.276 e. The van der Waals surface area contributed by atoms with Crippen LogP contribution >= 0.6 is 22.9 Å². The smallest absolute Gasteiger partial charge is 0.0935 e. The van der Waals surface area contributed by atoms with Gasteiger partial charge in [-0.25, -0.2) is 0 Å². The first kappa shape index (κ1) is 10.5. The van der Waals surface area contributed by atoms with Gasteiger partial charge in [-0.15, -0.1) is 11.3 Å². The van der Waals surface area contributed by atoms with Gasteiger partial charge in [0.1, 0.15) is 0 Å². The van der Waals surface area contributed by atoms with Gasteiger partial charge in [0.2, 0.25) is 0 Å². The van der Waals surface area contributed by atoms with Crippen LogP contribution in [0, 0.1) is 0 Å². The van der Waals surface area contributed by atoms with Gasteiger partial charge in [0.25, 0.3) is 0 Å². The van der Waals surface area contributed by atoms with E-state index in [1.165, 1.54) is 11.3 Å². The first-order valence-corrected chi connectivity index (χ1v) is 6.24. The molecule has 0 spiro atoms. The number of thiophene rings is 1. The number of halogens is 1. The Balaban J connectivity index is 2.12. The molecule has 3 rings (SSSR count). The molecule has 0 fully saturated rings. The average Bonchev–Trinajstić information content (AvgIpc) is 2.98. The quantitative estimate of drug-likeness (QED) is 0.761. The van der Waals surface area contributed by atoms with Crippen LogP contribution in [0.5, 0.6) is 0 Å². The summed E-state index contributed by atoms with van der Waals surface area (Å²) in [6.07, 6.45) is 3.55. The molecule has 0 aromatic carbocycles. The Bertz CT molecular complexity index is 630. The highest BCUT2D eigenvalue weighted by atomic mass is 35.5. The van der Waals surface area contributed by atoms with Crippen molar-refractivity contribution in [3.8, 4) is 21.8 Å². The van der Waals surface area contributed by atoms with E-state index in [1.807, 2.05) is 30.3 Å². The third-order valence-electron chi connectivity index (χ3n) is 2.40. The van der Waals surface area contributed by atoms with Gasteiger partial charge < -0.3 is 0 Å². The van der Waals surface area contributed by atoms with Crippen molar-refractivity contribution in [3.05, 3.63) is 47.1 Å². The summed E-state index contributed by atoms with van der Waals surface area (Å²) in [5.41, 5.74) is 2.85. The summed E-state index contributed by atoms with van der Waals surface area (Å²) in [6, 6.07) is 9.67. The van der Waals surface area contributed by atoms with Gasteiger partial charge in [0.15, 0.2) is 0 Å². The molecule has 0 radical (unpaired) electrons. The predicted octanol–water partition coefficient (Wildman–Crippen LogP) is 3.85. The molecular weight excluding hydrogens is 254 g/mol. The molecule has 0 saturated heterocycles. The van der Waals surface area contributed by atoms with Crippen LogP contribution in [0.15, 0.2) is 42.7 Å². The van der Waals surface area contributed by atoms with E-state index in [-0.39, 0.29) is 0 Å². The summed E-state index contributed by atoms with van der Waals surface area (Å²) in [5.74, 6) is 0. The number of nitrogens with zero attached hydrogens (tertiary/aromatic N) is 2. The molecule has 0 amide bonds. The second-order valence-electron chi connectivity index (χ2n) is 3.48. The Hall–Kier alpha value is -1.65. The minimum atomic E-state index is 0.765. The summed E-state index contributed by atoms with van der Waals surface area (Å²) in [4.78, 5) is 5.39. The molecule has 0 unspecified atom stereocenters. The molecule has 3 heterocycles. The van der Waals surface area contributed by atoms with Crippen molar-refractivity contribution < 1.29 is 0 Å². The maximum absolute atomic E-state index is 5.94. The third-order valence-corrected chi connectivity index (χ3v) is 3.65. The third kappa shape index (κ3) is 1.97. The second-order valence-corrected chi connectivity index (χ2v) is 5.19. The molecule has 0 atom stereocenters. The molecule has 0 aliphatic heterocycles. The van der Waals surface area contributed by atoms with E-state index >= 15 is 0 Å². The standard InChI is InChI=1S/C12H8ClN3S/c13-11-5-4-10(17-11)12-8(7-15-16-12)9-3-1-2-6-14-9/h1-7H,(H,15,16). The number of pyridine rings is 1. The van der Waals surface area contributed by atoms with Gasteiger partial charge in [0.05, 0.1) is 26.8 Å². The highest BCUT2D eigenvalue weighted by Crippen LogP contribution is 2.35. The van der Waals surface area contributed by atoms with E-state index < -0.39 is 0 Å². The van der Waals surface area contributed by atoms with Crippen LogP contribution in [-0.2, 0) is 0 Å². The van der Waals surface area contributed by atoms with Crippen LogP contribution in [0.1, 0.15) is 0 Å². The number of rotatable bonds is 2. The predicted molar refractivity (Wildman–Crippen MR) is 70.1 cm³/mol. The van der Waals surface area contributed by atoms with E-state index in [4.69, 9.17) is 11.6 Å². The Morgan fingerprint density at radius 3 is 2.82 bits per heavy atom. The van der Waals surface area contributed by atoms with E-state index in [0.717, 1.165) is 26.2 Å². The summed E-state index contributed by atoms with van der Waals surface area (Å²) >= 11 is 7.46. The SMILES string of the molecule is Clc1ccc(-c2[nH]ncc2-c2ccccn2)s1. The number of aromatic amines is 1. The molecule has 5 heteroatoms. The van der Waals surface area contributed by atoms with Gasteiger partial charge in [0, 0.05) is 11.8 Å². The molecule has 3 aromatic rings. The van der Waals surface area contributed by atoms with Gasteiger partial charge >= 0.3 is 0 Å². The zero-order chi connectivity index (χ0) is 11.7. The number of hydrogen-bond acceptors (Lipinski definition) is 3. The summed E-state index contributed by atoms with van der Waals surface area (Å²) in [7, 11) is 0. The van der Waals surface area contributed by atoms with Crippen LogP contribution in [0.25, 0.3) is 21.8 Å². The fraction of sp³-hybridized carbons (Fsp3) is 0. The van der Waals surface area contributed by atoms with Crippen LogP contribution in [0.2, 0.25) is 4.34 Å².